The SMILES string of the molecule is CCN(C(N)=O)C(=O)C1CCCC1Nc1nc(Nc2ccc(C(=O)N(C)C3CCN(C)CC3)cc2)ncc1C(F)(F)F. The Morgan fingerprint density at radius 2 is 1.76 bits per heavy atom. The summed E-state index contributed by atoms with van der Waals surface area (Å²) in [6.45, 7) is 3.51. The number of aromatic nitrogens is 2. The van der Waals surface area contributed by atoms with Crippen LogP contribution in [-0.2, 0) is 11.0 Å². The number of hydrogen-bond donors (Lipinski definition) is 3. The topological polar surface area (TPSA) is 137 Å². The molecule has 2 aliphatic rings. The number of urea groups is 1. The number of alkyl halides is 3. The van der Waals surface area contributed by atoms with Gasteiger partial charge in [0.25, 0.3) is 5.91 Å². The second kappa shape index (κ2) is 12.9. The minimum atomic E-state index is -4.75. The molecule has 0 bridgehead atoms. The highest BCUT2D eigenvalue weighted by atomic mass is 19.4. The van der Waals surface area contributed by atoms with Gasteiger partial charge in [0.1, 0.15) is 11.4 Å². The van der Waals surface area contributed by atoms with Crippen molar-refractivity contribution < 1.29 is 27.6 Å². The second-order valence-electron chi connectivity index (χ2n) is 10.8. The minimum Gasteiger partial charge on any atom is -0.366 e. The summed E-state index contributed by atoms with van der Waals surface area (Å²) in [5.41, 5.74) is 5.21. The molecule has 1 aromatic carbocycles. The number of piperidine rings is 1. The number of halogens is 3. The first-order valence-electron chi connectivity index (χ1n) is 14.0. The van der Waals surface area contributed by atoms with Gasteiger partial charge in [0.2, 0.25) is 11.9 Å². The lowest BCUT2D eigenvalue weighted by Crippen LogP contribution is -2.46. The first-order chi connectivity index (χ1) is 19.9. The number of likely N-dealkylation sites (tertiary alicyclic amines) is 1. The fraction of sp³-hybridized carbons (Fsp3) is 0.536. The molecule has 1 aliphatic carbocycles. The summed E-state index contributed by atoms with van der Waals surface area (Å²) in [5, 5.41) is 5.69. The summed E-state index contributed by atoms with van der Waals surface area (Å²) in [6.07, 6.45) is -0.868. The molecule has 1 aromatic heterocycles. The summed E-state index contributed by atoms with van der Waals surface area (Å²) in [4.78, 5) is 50.4. The van der Waals surface area contributed by atoms with Gasteiger partial charge in [-0.1, -0.05) is 6.42 Å². The Labute approximate surface area is 242 Å². The molecule has 228 valence electrons. The third-order valence-electron chi connectivity index (χ3n) is 8.04. The van der Waals surface area contributed by atoms with E-state index in [2.05, 4.69) is 32.5 Å². The highest BCUT2D eigenvalue weighted by Crippen LogP contribution is 2.37. The molecule has 1 saturated heterocycles. The van der Waals surface area contributed by atoms with Crippen LogP contribution in [0.2, 0.25) is 0 Å². The largest absolute Gasteiger partial charge is 0.421 e. The van der Waals surface area contributed by atoms with Crippen molar-refractivity contribution in [3.05, 3.63) is 41.6 Å². The average Bonchev–Trinajstić information content (AvgIpc) is 3.41. The van der Waals surface area contributed by atoms with E-state index in [1.54, 1.807) is 43.1 Å². The third kappa shape index (κ3) is 7.09. The van der Waals surface area contributed by atoms with Crippen LogP contribution in [0.3, 0.4) is 0 Å². The van der Waals surface area contributed by atoms with Crippen molar-refractivity contribution >= 4 is 35.3 Å². The summed E-state index contributed by atoms with van der Waals surface area (Å²) in [5.74, 6) is -1.94. The molecule has 1 saturated carbocycles. The molecule has 14 heteroatoms. The Morgan fingerprint density at radius 1 is 1.10 bits per heavy atom. The van der Waals surface area contributed by atoms with Gasteiger partial charge >= 0.3 is 12.2 Å². The molecule has 2 aromatic rings. The zero-order valence-corrected chi connectivity index (χ0v) is 23.9. The van der Waals surface area contributed by atoms with E-state index in [9.17, 15) is 27.6 Å². The molecular formula is C28H37F3N8O3. The number of primary amides is 1. The smallest absolute Gasteiger partial charge is 0.366 e. The summed E-state index contributed by atoms with van der Waals surface area (Å²) in [6, 6.07) is 5.14. The zero-order valence-electron chi connectivity index (χ0n) is 23.9. The average molecular weight is 591 g/mol. The van der Waals surface area contributed by atoms with Crippen LogP contribution in [-0.4, -0.2) is 88.3 Å². The van der Waals surface area contributed by atoms with E-state index in [4.69, 9.17) is 5.73 Å². The molecule has 2 fully saturated rings. The van der Waals surface area contributed by atoms with Crippen molar-refractivity contribution in [2.45, 2.75) is 57.3 Å². The van der Waals surface area contributed by atoms with Crippen molar-refractivity contribution in [3.63, 3.8) is 0 Å². The highest BCUT2D eigenvalue weighted by Gasteiger charge is 2.40. The number of hydrogen-bond acceptors (Lipinski definition) is 8. The van der Waals surface area contributed by atoms with Crippen molar-refractivity contribution in [3.8, 4) is 0 Å². The number of carbonyl (C=O) groups excluding carboxylic acids is 3. The molecule has 4 N–H and O–H groups in total. The second-order valence-corrected chi connectivity index (χ2v) is 10.8. The molecular weight excluding hydrogens is 553 g/mol. The van der Waals surface area contributed by atoms with Gasteiger partial charge in [-0.2, -0.15) is 18.2 Å². The van der Waals surface area contributed by atoms with Crippen LogP contribution in [0.4, 0.5) is 35.4 Å². The molecule has 0 radical (unpaired) electrons. The monoisotopic (exact) mass is 590 g/mol. The predicted octanol–water partition coefficient (Wildman–Crippen LogP) is 3.91. The van der Waals surface area contributed by atoms with E-state index in [-0.39, 0.29) is 24.4 Å². The molecule has 1 aliphatic heterocycles. The van der Waals surface area contributed by atoms with E-state index in [1.807, 2.05) is 0 Å². The third-order valence-corrected chi connectivity index (χ3v) is 8.04. The number of nitrogens with zero attached hydrogens (tertiary/aromatic N) is 5. The van der Waals surface area contributed by atoms with Crippen molar-refractivity contribution in [2.24, 2.45) is 11.7 Å². The normalized spacial score (nSPS) is 19.8. The standard InChI is InChI=1S/C28H37F3N8O3/c1-4-39(26(32)42)25(41)20-6-5-7-22(20)35-23-21(28(29,30)31)16-33-27(36-23)34-18-10-8-17(9-11-18)24(40)38(3)19-12-14-37(2)15-13-19/h8-11,16,19-20,22H,4-7,12-15H2,1-3H3,(H2,32,42)(H2,33,34,35,36). The summed E-state index contributed by atoms with van der Waals surface area (Å²) >= 11 is 0. The van der Waals surface area contributed by atoms with Crippen LogP contribution in [0.1, 0.15) is 54.9 Å². The first kappa shape index (κ1) is 31.0. The summed E-state index contributed by atoms with van der Waals surface area (Å²) in [7, 11) is 3.85. The van der Waals surface area contributed by atoms with Crippen LogP contribution in [0.25, 0.3) is 0 Å². The Bertz CT molecular complexity index is 1280. The van der Waals surface area contributed by atoms with Crippen LogP contribution in [0.15, 0.2) is 30.5 Å². The number of anilines is 3. The van der Waals surface area contributed by atoms with Gasteiger partial charge in [0.15, 0.2) is 0 Å². The molecule has 42 heavy (non-hydrogen) atoms. The number of benzene rings is 1. The van der Waals surface area contributed by atoms with Gasteiger partial charge in [0, 0.05) is 43.1 Å². The number of rotatable bonds is 8. The van der Waals surface area contributed by atoms with Crippen molar-refractivity contribution in [2.75, 3.05) is 44.4 Å². The maximum Gasteiger partial charge on any atom is 0.421 e. The van der Waals surface area contributed by atoms with E-state index < -0.39 is 41.5 Å². The quantitative estimate of drug-likeness (QED) is 0.421. The maximum atomic E-state index is 13.8. The van der Waals surface area contributed by atoms with Gasteiger partial charge in [-0.05, 0) is 77.0 Å². The Morgan fingerprint density at radius 3 is 2.36 bits per heavy atom. The zero-order chi connectivity index (χ0) is 30.6. The number of amides is 4. The number of nitrogens with one attached hydrogen (secondary N) is 2. The van der Waals surface area contributed by atoms with Crippen molar-refractivity contribution in [1.29, 1.82) is 0 Å². The first-order valence-corrected chi connectivity index (χ1v) is 14.0. The molecule has 2 atom stereocenters. The van der Waals surface area contributed by atoms with E-state index in [0.29, 0.717) is 36.7 Å². The fourth-order valence-electron chi connectivity index (χ4n) is 5.56. The van der Waals surface area contributed by atoms with Gasteiger partial charge in [0.05, 0.1) is 5.92 Å². The van der Waals surface area contributed by atoms with Gasteiger partial charge < -0.3 is 26.2 Å². The Kier molecular flexibility index (Phi) is 9.54. The predicted molar refractivity (Wildman–Crippen MR) is 151 cm³/mol. The van der Waals surface area contributed by atoms with Crippen LogP contribution >= 0.6 is 0 Å². The van der Waals surface area contributed by atoms with Gasteiger partial charge in [-0.3, -0.25) is 14.5 Å². The minimum absolute atomic E-state index is 0.0611. The molecule has 4 amide bonds. The molecule has 0 spiro atoms. The van der Waals surface area contributed by atoms with Crippen molar-refractivity contribution in [1.82, 2.24) is 24.7 Å². The highest BCUT2D eigenvalue weighted by molar-refractivity contribution is 5.95. The lowest BCUT2D eigenvalue weighted by molar-refractivity contribution is -0.137. The van der Waals surface area contributed by atoms with Gasteiger partial charge in [-0.25, -0.2) is 9.78 Å². The number of nitrogens with two attached hydrogens (primary N) is 1. The maximum absolute atomic E-state index is 13.8. The van der Waals surface area contributed by atoms with Gasteiger partial charge in [-0.15, -0.1) is 0 Å². The molecule has 2 heterocycles. The van der Waals surface area contributed by atoms with Crippen LogP contribution in [0, 0.1) is 5.92 Å². The molecule has 4 rings (SSSR count). The fourth-order valence-corrected chi connectivity index (χ4v) is 5.56. The van der Waals surface area contributed by atoms with E-state index in [0.717, 1.165) is 30.8 Å². The van der Waals surface area contributed by atoms with E-state index in [1.165, 1.54) is 0 Å². The summed E-state index contributed by atoms with van der Waals surface area (Å²) < 4.78 is 41.5. The Balaban J connectivity index is 1.49. The number of carbonyl (C=O) groups is 3. The van der Waals surface area contributed by atoms with Crippen LogP contribution in [0.5, 0.6) is 0 Å². The lowest BCUT2D eigenvalue weighted by Gasteiger charge is -2.35. The molecule has 11 nitrogen and oxygen atoms in total. The van der Waals surface area contributed by atoms with Crippen LogP contribution < -0.4 is 16.4 Å². The number of imide groups is 1. The lowest BCUT2D eigenvalue weighted by atomic mass is 10.0. The van der Waals surface area contributed by atoms with E-state index >= 15 is 0 Å². The Hall–Kier alpha value is -3.94. The molecule has 2 unspecified atom stereocenters.